The van der Waals surface area contributed by atoms with Gasteiger partial charge < -0.3 is 15.2 Å². The normalized spacial score (nSPS) is 17.3. The van der Waals surface area contributed by atoms with Crippen LogP contribution in [0.4, 0.5) is 10.1 Å². The third kappa shape index (κ3) is 3.59. The zero-order chi connectivity index (χ0) is 16.2. The number of rotatable bonds is 4. The Bertz CT molecular complexity index is 759. The summed E-state index contributed by atoms with van der Waals surface area (Å²) < 4.78 is 13.8. The summed E-state index contributed by atoms with van der Waals surface area (Å²) in [5, 5.41) is 2.83. The lowest BCUT2D eigenvalue weighted by molar-refractivity contribution is -0.124. The van der Waals surface area contributed by atoms with E-state index in [-0.39, 0.29) is 29.7 Å². The number of hydrogen-bond acceptors (Lipinski definition) is 3. The molecule has 1 unspecified atom stereocenters. The Morgan fingerprint density at radius 2 is 2.09 bits per heavy atom. The summed E-state index contributed by atoms with van der Waals surface area (Å²) in [6.07, 6.45) is 0.686. The molecule has 1 aromatic carbocycles. The van der Waals surface area contributed by atoms with E-state index in [1.165, 1.54) is 12.1 Å². The second-order valence-corrected chi connectivity index (χ2v) is 5.64. The number of carbonyl (C=O) groups is 1. The van der Waals surface area contributed by atoms with Gasteiger partial charge in [-0.05, 0) is 24.6 Å². The van der Waals surface area contributed by atoms with E-state index in [2.05, 4.69) is 10.3 Å². The van der Waals surface area contributed by atoms with Gasteiger partial charge in [0, 0.05) is 24.8 Å². The summed E-state index contributed by atoms with van der Waals surface area (Å²) in [6.45, 7) is 1.43. The van der Waals surface area contributed by atoms with Crippen molar-refractivity contribution in [2.24, 2.45) is 5.92 Å². The Kier molecular flexibility index (Phi) is 4.41. The van der Waals surface area contributed by atoms with Crippen molar-refractivity contribution in [1.29, 1.82) is 0 Å². The summed E-state index contributed by atoms with van der Waals surface area (Å²) in [7, 11) is 0. The Hall–Kier alpha value is -2.63. The number of nitrogens with zero attached hydrogens (tertiary/aromatic N) is 1. The molecular weight excluding hydrogens is 297 g/mol. The van der Waals surface area contributed by atoms with Crippen LogP contribution >= 0.6 is 0 Å². The monoisotopic (exact) mass is 315 g/mol. The van der Waals surface area contributed by atoms with Crippen LogP contribution in [-0.2, 0) is 11.3 Å². The number of benzene rings is 1. The minimum Gasteiger partial charge on any atom is -0.368 e. The van der Waals surface area contributed by atoms with Crippen LogP contribution in [0.5, 0.6) is 0 Å². The van der Waals surface area contributed by atoms with Crippen molar-refractivity contribution >= 4 is 11.6 Å². The van der Waals surface area contributed by atoms with Crippen molar-refractivity contribution in [3.63, 3.8) is 0 Å². The maximum absolute atomic E-state index is 13.8. The van der Waals surface area contributed by atoms with Gasteiger partial charge in [0.05, 0.1) is 18.2 Å². The van der Waals surface area contributed by atoms with E-state index >= 15 is 0 Å². The van der Waals surface area contributed by atoms with Gasteiger partial charge in [-0.15, -0.1) is 0 Å². The third-order valence-corrected chi connectivity index (χ3v) is 4.03. The molecule has 23 heavy (non-hydrogen) atoms. The fourth-order valence-electron chi connectivity index (χ4n) is 2.82. The molecule has 1 aliphatic rings. The molecule has 1 amide bonds. The molecule has 1 fully saturated rings. The van der Waals surface area contributed by atoms with E-state index in [4.69, 9.17) is 0 Å². The van der Waals surface area contributed by atoms with E-state index in [1.54, 1.807) is 30.3 Å². The zero-order valence-corrected chi connectivity index (χ0v) is 12.6. The second kappa shape index (κ2) is 6.64. The highest BCUT2D eigenvalue weighted by atomic mass is 19.1. The number of pyridine rings is 1. The molecule has 0 spiro atoms. The third-order valence-electron chi connectivity index (χ3n) is 4.03. The maximum atomic E-state index is 13.8. The van der Waals surface area contributed by atoms with Crippen molar-refractivity contribution in [2.75, 3.05) is 18.0 Å². The summed E-state index contributed by atoms with van der Waals surface area (Å²) in [4.78, 5) is 28.0. The molecule has 0 saturated carbocycles. The van der Waals surface area contributed by atoms with Gasteiger partial charge >= 0.3 is 0 Å². The number of aromatic amines is 1. The van der Waals surface area contributed by atoms with Crippen molar-refractivity contribution in [3.8, 4) is 0 Å². The molecule has 2 N–H and O–H groups in total. The number of nitrogens with one attached hydrogen (secondary N) is 2. The average molecular weight is 315 g/mol. The summed E-state index contributed by atoms with van der Waals surface area (Å²) >= 11 is 0. The first-order valence-corrected chi connectivity index (χ1v) is 7.59. The second-order valence-electron chi connectivity index (χ2n) is 5.64. The van der Waals surface area contributed by atoms with E-state index in [0.717, 1.165) is 0 Å². The van der Waals surface area contributed by atoms with Crippen LogP contribution in [0.2, 0.25) is 0 Å². The first kappa shape index (κ1) is 15.3. The molecule has 1 aromatic heterocycles. The predicted molar refractivity (Wildman–Crippen MR) is 85.6 cm³/mol. The highest BCUT2D eigenvalue weighted by Crippen LogP contribution is 2.26. The molecule has 1 aliphatic heterocycles. The van der Waals surface area contributed by atoms with Crippen molar-refractivity contribution in [2.45, 2.75) is 13.0 Å². The Balaban J connectivity index is 1.57. The maximum Gasteiger partial charge on any atom is 0.248 e. The fraction of sp³-hybridized carbons (Fsp3) is 0.294. The first-order chi connectivity index (χ1) is 11.1. The Labute approximate surface area is 133 Å². The summed E-state index contributed by atoms with van der Waals surface area (Å²) in [5.41, 5.74) is 1.01. The number of anilines is 1. The summed E-state index contributed by atoms with van der Waals surface area (Å²) in [5.74, 6) is -0.519. The summed E-state index contributed by atoms with van der Waals surface area (Å²) in [6, 6.07) is 11.4. The molecule has 120 valence electrons. The van der Waals surface area contributed by atoms with Gasteiger partial charge in [0.1, 0.15) is 5.82 Å². The van der Waals surface area contributed by atoms with E-state index < -0.39 is 0 Å². The number of hydrogen-bond donors (Lipinski definition) is 2. The number of carbonyl (C=O) groups excluding carboxylic acids is 1. The largest absolute Gasteiger partial charge is 0.368 e. The molecule has 3 rings (SSSR count). The molecule has 0 bridgehead atoms. The van der Waals surface area contributed by atoms with Gasteiger partial charge in [0.2, 0.25) is 11.5 Å². The molecule has 0 radical (unpaired) electrons. The molecule has 2 heterocycles. The van der Waals surface area contributed by atoms with Crippen LogP contribution in [0.25, 0.3) is 0 Å². The predicted octanol–water partition coefficient (Wildman–Crippen LogP) is 1.66. The molecule has 1 saturated heterocycles. The lowest BCUT2D eigenvalue weighted by Crippen LogP contribution is -2.33. The van der Waals surface area contributed by atoms with Crippen LogP contribution < -0.4 is 15.8 Å². The molecule has 5 nitrogen and oxygen atoms in total. The number of para-hydroxylation sites is 1. The lowest BCUT2D eigenvalue weighted by Gasteiger charge is -2.19. The number of halogens is 1. The molecular formula is C17H18FN3O2. The fourth-order valence-corrected chi connectivity index (χ4v) is 2.82. The SMILES string of the molecule is O=C(NCc1cccc(=O)[nH]1)C1CCN(c2ccccc2F)C1. The van der Waals surface area contributed by atoms with Crippen LogP contribution in [0.3, 0.4) is 0 Å². The zero-order valence-electron chi connectivity index (χ0n) is 12.6. The van der Waals surface area contributed by atoms with Crippen LogP contribution in [0.1, 0.15) is 12.1 Å². The van der Waals surface area contributed by atoms with Crippen molar-refractivity contribution in [1.82, 2.24) is 10.3 Å². The van der Waals surface area contributed by atoms with Crippen molar-refractivity contribution in [3.05, 3.63) is 64.3 Å². The number of amides is 1. The van der Waals surface area contributed by atoms with Gasteiger partial charge in [-0.2, -0.15) is 0 Å². The van der Waals surface area contributed by atoms with Gasteiger partial charge in [0.15, 0.2) is 0 Å². The standard InChI is InChI=1S/C17H18FN3O2/c18-14-5-1-2-6-15(14)21-9-8-12(11-21)17(23)19-10-13-4-3-7-16(22)20-13/h1-7,12H,8-11H2,(H,19,23)(H,20,22). The highest BCUT2D eigenvalue weighted by Gasteiger charge is 2.29. The number of aromatic nitrogens is 1. The molecule has 1 atom stereocenters. The van der Waals surface area contributed by atoms with E-state index in [1.807, 2.05) is 4.90 Å². The topological polar surface area (TPSA) is 65.2 Å². The van der Waals surface area contributed by atoms with Gasteiger partial charge in [-0.3, -0.25) is 9.59 Å². The van der Waals surface area contributed by atoms with Crippen LogP contribution in [0.15, 0.2) is 47.3 Å². The first-order valence-electron chi connectivity index (χ1n) is 7.59. The van der Waals surface area contributed by atoms with Gasteiger partial charge in [-0.25, -0.2) is 4.39 Å². The van der Waals surface area contributed by atoms with Crippen LogP contribution in [-0.4, -0.2) is 24.0 Å². The van der Waals surface area contributed by atoms with Crippen LogP contribution in [0, 0.1) is 11.7 Å². The minimum absolute atomic E-state index is 0.0754. The molecule has 0 aliphatic carbocycles. The van der Waals surface area contributed by atoms with E-state index in [9.17, 15) is 14.0 Å². The lowest BCUT2D eigenvalue weighted by atomic mass is 10.1. The van der Waals surface area contributed by atoms with Crippen molar-refractivity contribution < 1.29 is 9.18 Å². The van der Waals surface area contributed by atoms with Gasteiger partial charge in [0.25, 0.3) is 0 Å². The number of H-pyrrole nitrogens is 1. The highest BCUT2D eigenvalue weighted by molar-refractivity contribution is 5.80. The quantitative estimate of drug-likeness (QED) is 0.902. The minimum atomic E-state index is -0.268. The molecule has 2 aromatic rings. The smallest absolute Gasteiger partial charge is 0.248 e. The Morgan fingerprint density at radius 3 is 2.87 bits per heavy atom. The Morgan fingerprint density at radius 1 is 1.26 bits per heavy atom. The van der Waals surface area contributed by atoms with Gasteiger partial charge in [-0.1, -0.05) is 18.2 Å². The molecule has 6 heteroatoms. The average Bonchev–Trinajstić information content (AvgIpc) is 3.03. The van der Waals surface area contributed by atoms with E-state index in [0.29, 0.717) is 30.9 Å².